The molecular formula is C19H20F3NO6. The summed E-state index contributed by atoms with van der Waals surface area (Å²) < 4.78 is 49.1. The molecule has 0 heterocycles. The third-order valence-corrected chi connectivity index (χ3v) is 3.60. The second-order valence-corrected chi connectivity index (χ2v) is 5.56. The molecule has 2 aromatic rings. The molecular weight excluding hydrogens is 395 g/mol. The maximum absolute atomic E-state index is 12.9. The highest BCUT2D eigenvalue weighted by molar-refractivity contribution is 6.27. The Morgan fingerprint density at radius 2 is 1.52 bits per heavy atom. The minimum absolute atomic E-state index is 0.129. The molecule has 0 saturated heterocycles. The van der Waals surface area contributed by atoms with Crippen molar-refractivity contribution in [2.24, 2.45) is 0 Å². The fourth-order valence-corrected chi connectivity index (χ4v) is 2.28. The molecule has 0 spiro atoms. The van der Waals surface area contributed by atoms with Crippen molar-refractivity contribution in [2.45, 2.75) is 19.3 Å². The Labute approximate surface area is 164 Å². The average Bonchev–Trinajstić information content (AvgIpc) is 2.67. The van der Waals surface area contributed by atoms with E-state index in [1.807, 2.05) is 6.07 Å². The number of carbonyl (C=O) groups is 2. The number of nitrogens with one attached hydrogen (secondary N) is 1. The van der Waals surface area contributed by atoms with Crippen molar-refractivity contribution in [3.8, 4) is 11.5 Å². The SMILES string of the molecule is COc1ccc(CNCc2ccccc2C(F)(F)F)cc1OC.O=C(O)C(=O)O. The van der Waals surface area contributed by atoms with E-state index in [0.717, 1.165) is 11.6 Å². The van der Waals surface area contributed by atoms with E-state index in [1.165, 1.54) is 19.2 Å². The molecule has 0 aromatic heterocycles. The molecule has 0 aliphatic heterocycles. The van der Waals surface area contributed by atoms with Crippen molar-refractivity contribution in [3.63, 3.8) is 0 Å². The van der Waals surface area contributed by atoms with Gasteiger partial charge in [-0.2, -0.15) is 13.2 Å². The molecule has 0 saturated carbocycles. The first-order valence-corrected chi connectivity index (χ1v) is 8.13. The Balaban J connectivity index is 0.000000612. The van der Waals surface area contributed by atoms with Gasteiger partial charge in [-0.3, -0.25) is 0 Å². The van der Waals surface area contributed by atoms with E-state index in [9.17, 15) is 13.2 Å². The van der Waals surface area contributed by atoms with Gasteiger partial charge in [0, 0.05) is 13.1 Å². The minimum Gasteiger partial charge on any atom is -0.493 e. The van der Waals surface area contributed by atoms with E-state index in [2.05, 4.69) is 5.32 Å². The number of carboxylic acids is 2. The molecule has 0 unspecified atom stereocenters. The topological polar surface area (TPSA) is 105 Å². The van der Waals surface area contributed by atoms with E-state index in [1.54, 1.807) is 25.3 Å². The van der Waals surface area contributed by atoms with Gasteiger partial charge in [-0.1, -0.05) is 24.3 Å². The number of halogens is 3. The minimum atomic E-state index is -4.35. The molecule has 0 radical (unpaired) electrons. The lowest BCUT2D eigenvalue weighted by atomic mass is 10.1. The highest BCUT2D eigenvalue weighted by atomic mass is 19.4. The molecule has 2 aromatic carbocycles. The molecule has 0 fully saturated rings. The second-order valence-electron chi connectivity index (χ2n) is 5.56. The molecule has 0 amide bonds. The molecule has 29 heavy (non-hydrogen) atoms. The van der Waals surface area contributed by atoms with Crippen LogP contribution in [0.25, 0.3) is 0 Å². The lowest BCUT2D eigenvalue weighted by Crippen LogP contribution is -2.17. The van der Waals surface area contributed by atoms with Crippen LogP contribution in [0.4, 0.5) is 13.2 Å². The van der Waals surface area contributed by atoms with Crippen LogP contribution in [0.5, 0.6) is 11.5 Å². The van der Waals surface area contributed by atoms with Crippen molar-refractivity contribution < 1.29 is 42.4 Å². The molecule has 0 aliphatic carbocycles. The molecule has 158 valence electrons. The lowest BCUT2D eigenvalue weighted by Gasteiger charge is -2.14. The number of aliphatic carboxylic acids is 2. The van der Waals surface area contributed by atoms with Crippen molar-refractivity contribution >= 4 is 11.9 Å². The van der Waals surface area contributed by atoms with Crippen LogP contribution in [0, 0.1) is 0 Å². The summed E-state index contributed by atoms with van der Waals surface area (Å²) in [5.41, 5.74) is 0.507. The summed E-state index contributed by atoms with van der Waals surface area (Å²) in [6.45, 7) is 0.552. The largest absolute Gasteiger partial charge is 0.493 e. The van der Waals surface area contributed by atoms with E-state index in [4.69, 9.17) is 29.3 Å². The standard InChI is InChI=1S/C17H18F3NO2.C2H2O4/c1-22-15-8-7-12(9-16(15)23-2)10-21-11-13-5-3-4-6-14(13)17(18,19)20;3-1(4)2(5)6/h3-9,21H,10-11H2,1-2H3;(H,3,4)(H,5,6). The quantitative estimate of drug-likeness (QED) is 0.623. The number of rotatable bonds is 6. The number of benzene rings is 2. The third-order valence-electron chi connectivity index (χ3n) is 3.60. The van der Waals surface area contributed by atoms with Gasteiger partial charge in [0.2, 0.25) is 0 Å². The number of ether oxygens (including phenoxy) is 2. The molecule has 7 nitrogen and oxygen atoms in total. The van der Waals surface area contributed by atoms with Gasteiger partial charge in [0.05, 0.1) is 19.8 Å². The monoisotopic (exact) mass is 415 g/mol. The van der Waals surface area contributed by atoms with Crippen LogP contribution in [0.2, 0.25) is 0 Å². The third kappa shape index (κ3) is 7.70. The Kier molecular flexibility index (Phi) is 8.94. The van der Waals surface area contributed by atoms with Gasteiger partial charge < -0.3 is 25.0 Å². The number of alkyl halides is 3. The maximum atomic E-state index is 12.9. The number of methoxy groups -OCH3 is 2. The zero-order chi connectivity index (χ0) is 22.0. The van der Waals surface area contributed by atoms with E-state index >= 15 is 0 Å². The molecule has 0 atom stereocenters. The zero-order valence-electron chi connectivity index (χ0n) is 15.6. The number of carboxylic acid groups (broad SMARTS) is 2. The van der Waals surface area contributed by atoms with E-state index in [0.29, 0.717) is 18.0 Å². The highest BCUT2D eigenvalue weighted by Crippen LogP contribution is 2.32. The van der Waals surface area contributed by atoms with Crippen LogP contribution in [0.15, 0.2) is 42.5 Å². The second kappa shape index (κ2) is 10.9. The molecule has 10 heteroatoms. The van der Waals surface area contributed by atoms with E-state index in [-0.39, 0.29) is 12.1 Å². The normalized spacial score (nSPS) is 10.5. The summed E-state index contributed by atoms with van der Waals surface area (Å²) in [6, 6.07) is 11.0. The average molecular weight is 415 g/mol. The Morgan fingerprint density at radius 1 is 0.931 bits per heavy atom. The fourth-order valence-electron chi connectivity index (χ4n) is 2.28. The summed E-state index contributed by atoms with van der Waals surface area (Å²) in [7, 11) is 3.08. The Hall–Kier alpha value is -3.27. The summed E-state index contributed by atoms with van der Waals surface area (Å²) >= 11 is 0. The Morgan fingerprint density at radius 3 is 2.03 bits per heavy atom. The first-order valence-electron chi connectivity index (χ1n) is 8.13. The first-order chi connectivity index (χ1) is 13.6. The van der Waals surface area contributed by atoms with Crippen molar-refractivity contribution in [1.82, 2.24) is 5.32 Å². The predicted molar refractivity (Wildman–Crippen MR) is 96.8 cm³/mol. The number of hydrogen-bond donors (Lipinski definition) is 3. The molecule has 2 rings (SSSR count). The van der Waals surface area contributed by atoms with Gasteiger partial charge in [-0.05, 0) is 29.3 Å². The zero-order valence-corrected chi connectivity index (χ0v) is 15.6. The molecule has 0 bridgehead atoms. The predicted octanol–water partition coefficient (Wildman–Crippen LogP) is 3.17. The lowest BCUT2D eigenvalue weighted by molar-refractivity contribution is -0.159. The van der Waals surface area contributed by atoms with Crippen molar-refractivity contribution in [1.29, 1.82) is 0 Å². The molecule has 0 aliphatic rings. The van der Waals surface area contributed by atoms with Gasteiger partial charge in [-0.25, -0.2) is 9.59 Å². The highest BCUT2D eigenvalue weighted by Gasteiger charge is 2.32. The van der Waals surface area contributed by atoms with Gasteiger partial charge in [0.25, 0.3) is 0 Å². The first kappa shape index (κ1) is 23.8. The van der Waals surface area contributed by atoms with Crippen LogP contribution in [-0.4, -0.2) is 36.4 Å². The van der Waals surface area contributed by atoms with Gasteiger partial charge in [-0.15, -0.1) is 0 Å². The van der Waals surface area contributed by atoms with Crippen molar-refractivity contribution in [3.05, 3.63) is 59.2 Å². The smallest absolute Gasteiger partial charge is 0.416 e. The van der Waals surface area contributed by atoms with Gasteiger partial charge in [0.1, 0.15) is 0 Å². The van der Waals surface area contributed by atoms with Crippen LogP contribution in [0.3, 0.4) is 0 Å². The summed E-state index contributed by atoms with van der Waals surface area (Å²) in [6.07, 6.45) is -4.35. The van der Waals surface area contributed by atoms with Crippen LogP contribution in [0.1, 0.15) is 16.7 Å². The van der Waals surface area contributed by atoms with E-state index < -0.39 is 23.7 Å². The van der Waals surface area contributed by atoms with Gasteiger partial charge >= 0.3 is 18.1 Å². The van der Waals surface area contributed by atoms with Crippen LogP contribution < -0.4 is 14.8 Å². The van der Waals surface area contributed by atoms with Crippen LogP contribution in [-0.2, 0) is 28.9 Å². The maximum Gasteiger partial charge on any atom is 0.416 e. The molecule has 3 N–H and O–H groups in total. The summed E-state index contributed by atoms with van der Waals surface area (Å²) in [5.74, 6) is -2.45. The Bertz CT molecular complexity index is 827. The van der Waals surface area contributed by atoms with Crippen LogP contribution >= 0.6 is 0 Å². The summed E-state index contributed by atoms with van der Waals surface area (Å²) in [5, 5.41) is 17.8. The number of hydrogen-bond acceptors (Lipinski definition) is 5. The summed E-state index contributed by atoms with van der Waals surface area (Å²) in [4.78, 5) is 18.2. The van der Waals surface area contributed by atoms with Crippen molar-refractivity contribution in [2.75, 3.05) is 14.2 Å². The van der Waals surface area contributed by atoms with Gasteiger partial charge in [0.15, 0.2) is 11.5 Å². The fraction of sp³-hybridized carbons (Fsp3) is 0.263.